The Bertz CT molecular complexity index is 552. The molecule has 0 aromatic carbocycles. The van der Waals surface area contributed by atoms with E-state index in [1.165, 1.54) is 0 Å². The van der Waals surface area contributed by atoms with Crippen LogP contribution in [0.15, 0.2) is 24.8 Å². The molecule has 108 valence electrons. The number of nitrogens with zero attached hydrogens (tertiary/aromatic N) is 4. The predicted molar refractivity (Wildman–Crippen MR) is 77.6 cm³/mol. The summed E-state index contributed by atoms with van der Waals surface area (Å²) in [4.78, 5) is 8.54. The summed E-state index contributed by atoms with van der Waals surface area (Å²) in [5.41, 5.74) is 1.10. The first-order valence-corrected chi connectivity index (χ1v) is 6.74. The van der Waals surface area contributed by atoms with Gasteiger partial charge in [-0.05, 0) is 12.8 Å². The number of rotatable bonds is 6. The molecule has 0 aliphatic carbocycles. The molecule has 2 aromatic rings. The third-order valence-corrected chi connectivity index (χ3v) is 2.77. The van der Waals surface area contributed by atoms with Crippen molar-refractivity contribution in [2.24, 2.45) is 13.0 Å². The molecule has 0 unspecified atom stereocenters. The van der Waals surface area contributed by atoms with E-state index in [0.29, 0.717) is 24.2 Å². The number of hydrogen-bond donors (Lipinski definition) is 1. The third kappa shape index (κ3) is 3.94. The Hall–Kier alpha value is -2.11. The first-order chi connectivity index (χ1) is 9.54. The van der Waals surface area contributed by atoms with Gasteiger partial charge in [0.05, 0.1) is 31.2 Å². The number of aromatic nitrogens is 4. The van der Waals surface area contributed by atoms with E-state index in [1.54, 1.807) is 17.1 Å². The molecule has 1 N–H and O–H groups in total. The van der Waals surface area contributed by atoms with E-state index >= 15 is 0 Å². The average molecular weight is 275 g/mol. The first-order valence-electron chi connectivity index (χ1n) is 6.74. The Morgan fingerprint density at radius 3 is 2.70 bits per heavy atom. The van der Waals surface area contributed by atoms with Crippen LogP contribution in [0.25, 0.3) is 0 Å². The van der Waals surface area contributed by atoms with Crippen LogP contribution in [0.1, 0.15) is 32.4 Å². The summed E-state index contributed by atoms with van der Waals surface area (Å²) in [5, 5.41) is 7.45. The predicted octanol–water partition coefficient (Wildman–Crippen LogP) is 2.42. The van der Waals surface area contributed by atoms with Gasteiger partial charge in [0.1, 0.15) is 5.82 Å². The van der Waals surface area contributed by atoms with Crippen molar-refractivity contribution in [3.63, 3.8) is 0 Å². The van der Waals surface area contributed by atoms with Crippen molar-refractivity contribution in [3.8, 4) is 5.88 Å². The second kappa shape index (κ2) is 6.36. The quantitative estimate of drug-likeness (QED) is 0.877. The average Bonchev–Trinajstić information content (AvgIpc) is 2.84. The number of anilines is 1. The van der Waals surface area contributed by atoms with Gasteiger partial charge in [-0.1, -0.05) is 13.8 Å². The van der Waals surface area contributed by atoms with Gasteiger partial charge in [-0.25, -0.2) is 0 Å². The van der Waals surface area contributed by atoms with E-state index in [-0.39, 0.29) is 6.04 Å². The molecule has 2 rings (SSSR count). The highest BCUT2D eigenvalue weighted by Gasteiger charge is 2.09. The minimum atomic E-state index is 0.110. The largest absolute Gasteiger partial charge is 0.476 e. The standard InChI is InChI=1S/C14H21N5O/c1-10(2)9-20-14-7-15-6-13(18-14)17-11(3)12-5-16-19(4)8-12/h5-8,10-11H,9H2,1-4H3,(H,17,18)/t11-/m0/s1. The van der Waals surface area contributed by atoms with E-state index in [4.69, 9.17) is 4.74 Å². The minimum absolute atomic E-state index is 0.110. The molecule has 2 heterocycles. The van der Waals surface area contributed by atoms with Crippen molar-refractivity contribution < 1.29 is 4.74 Å². The molecule has 0 saturated heterocycles. The summed E-state index contributed by atoms with van der Waals surface area (Å²) in [7, 11) is 1.90. The maximum Gasteiger partial charge on any atom is 0.234 e. The lowest BCUT2D eigenvalue weighted by atomic mass is 10.2. The molecule has 6 heteroatoms. The fraction of sp³-hybridized carbons (Fsp3) is 0.500. The second-order valence-corrected chi connectivity index (χ2v) is 5.26. The maximum absolute atomic E-state index is 5.57. The van der Waals surface area contributed by atoms with Crippen molar-refractivity contribution >= 4 is 5.82 Å². The molecule has 0 spiro atoms. The number of nitrogens with one attached hydrogen (secondary N) is 1. The number of ether oxygens (including phenoxy) is 1. The SMILES string of the molecule is CC(C)COc1cncc(N[C@@H](C)c2cnn(C)c2)n1. The number of hydrogen-bond acceptors (Lipinski definition) is 5. The van der Waals surface area contributed by atoms with Gasteiger partial charge in [0.2, 0.25) is 5.88 Å². The molecule has 1 atom stereocenters. The van der Waals surface area contributed by atoms with Crippen molar-refractivity contribution in [1.82, 2.24) is 19.7 Å². The zero-order chi connectivity index (χ0) is 14.5. The third-order valence-electron chi connectivity index (χ3n) is 2.77. The Balaban J connectivity index is 2.00. The summed E-state index contributed by atoms with van der Waals surface area (Å²) in [6, 6.07) is 0.110. The van der Waals surface area contributed by atoms with E-state index in [2.05, 4.69) is 41.2 Å². The fourth-order valence-corrected chi connectivity index (χ4v) is 1.71. The molecule has 0 amide bonds. The highest BCUT2D eigenvalue weighted by atomic mass is 16.5. The highest BCUT2D eigenvalue weighted by molar-refractivity contribution is 5.36. The van der Waals surface area contributed by atoms with Crippen LogP contribution in [-0.2, 0) is 7.05 Å². The normalized spacial score (nSPS) is 12.4. The van der Waals surface area contributed by atoms with Crippen LogP contribution < -0.4 is 10.1 Å². The molecule has 0 aliphatic rings. The second-order valence-electron chi connectivity index (χ2n) is 5.26. The van der Waals surface area contributed by atoms with Crippen LogP contribution in [0, 0.1) is 5.92 Å². The zero-order valence-electron chi connectivity index (χ0n) is 12.4. The van der Waals surface area contributed by atoms with Gasteiger partial charge in [-0.15, -0.1) is 0 Å². The first kappa shape index (κ1) is 14.3. The van der Waals surface area contributed by atoms with E-state index in [0.717, 1.165) is 5.56 Å². The van der Waals surface area contributed by atoms with Gasteiger partial charge in [0.25, 0.3) is 0 Å². The summed E-state index contributed by atoms with van der Waals surface area (Å²) in [6.07, 6.45) is 7.13. The highest BCUT2D eigenvalue weighted by Crippen LogP contribution is 2.18. The topological polar surface area (TPSA) is 64.9 Å². The van der Waals surface area contributed by atoms with Crippen LogP contribution in [0.4, 0.5) is 5.82 Å². The van der Waals surface area contributed by atoms with Crippen molar-refractivity contribution in [2.75, 3.05) is 11.9 Å². The van der Waals surface area contributed by atoms with Gasteiger partial charge < -0.3 is 10.1 Å². The van der Waals surface area contributed by atoms with Crippen molar-refractivity contribution in [3.05, 3.63) is 30.4 Å². The molecule has 6 nitrogen and oxygen atoms in total. The van der Waals surface area contributed by atoms with Crippen LogP contribution in [0.3, 0.4) is 0 Å². The maximum atomic E-state index is 5.57. The fourth-order valence-electron chi connectivity index (χ4n) is 1.71. The molecule has 2 aromatic heterocycles. The smallest absolute Gasteiger partial charge is 0.234 e. The molecule has 0 radical (unpaired) electrons. The number of aryl methyl sites for hydroxylation is 1. The van der Waals surface area contributed by atoms with Gasteiger partial charge in [-0.3, -0.25) is 9.67 Å². The van der Waals surface area contributed by atoms with Crippen LogP contribution in [0.2, 0.25) is 0 Å². The molecule has 0 fully saturated rings. The molecular weight excluding hydrogens is 254 g/mol. The molecule has 0 aliphatic heterocycles. The minimum Gasteiger partial charge on any atom is -0.476 e. The summed E-state index contributed by atoms with van der Waals surface area (Å²) < 4.78 is 7.35. The van der Waals surface area contributed by atoms with Crippen molar-refractivity contribution in [2.45, 2.75) is 26.8 Å². The Kier molecular flexibility index (Phi) is 4.55. The molecule has 0 bridgehead atoms. The zero-order valence-corrected chi connectivity index (χ0v) is 12.4. The molecule has 20 heavy (non-hydrogen) atoms. The van der Waals surface area contributed by atoms with Crippen LogP contribution in [0.5, 0.6) is 5.88 Å². The Labute approximate surface area is 119 Å². The summed E-state index contributed by atoms with van der Waals surface area (Å²) >= 11 is 0. The Morgan fingerprint density at radius 2 is 2.05 bits per heavy atom. The lowest BCUT2D eigenvalue weighted by molar-refractivity contribution is 0.260. The Morgan fingerprint density at radius 1 is 1.25 bits per heavy atom. The van der Waals surface area contributed by atoms with Gasteiger partial charge in [0.15, 0.2) is 0 Å². The summed E-state index contributed by atoms with van der Waals surface area (Å²) in [5.74, 6) is 1.70. The lowest BCUT2D eigenvalue weighted by Crippen LogP contribution is -2.10. The van der Waals surface area contributed by atoms with Crippen LogP contribution in [-0.4, -0.2) is 26.4 Å². The monoisotopic (exact) mass is 275 g/mol. The van der Waals surface area contributed by atoms with E-state index in [1.807, 2.05) is 19.4 Å². The van der Waals surface area contributed by atoms with E-state index in [9.17, 15) is 0 Å². The van der Waals surface area contributed by atoms with Crippen molar-refractivity contribution in [1.29, 1.82) is 0 Å². The lowest BCUT2D eigenvalue weighted by Gasteiger charge is -2.13. The van der Waals surface area contributed by atoms with Gasteiger partial charge in [0, 0.05) is 18.8 Å². The molecule has 0 saturated carbocycles. The summed E-state index contributed by atoms with van der Waals surface area (Å²) in [6.45, 7) is 6.89. The van der Waals surface area contributed by atoms with Crippen LogP contribution >= 0.6 is 0 Å². The van der Waals surface area contributed by atoms with Gasteiger partial charge in [-0.2, -0.15) is 10.1 Å². The van der Waals surface area contributed by atoms with E-state index < -0.39 is 0 Å². The van der Waals surface area contributed by atoms with Gasteiger partial charge >= 0.3 is 0 Å². The molecular formula is C14H21N5O.